The van der Waals surface area contributed by atoms with E-state index in [1.807, 2.05) is 0 Å². The molecule has 0 aliphatic heterocycles. The lowest BCUT2D eigenvalue weighted by Gasteiger charge is -2.29. The summed E-state index contributed by atoms with van der Waals surface area (Å²) >= 11 is 0. The van der Waals surface area contributed by atoms with Gasteiger partial charge in [-0.15, -0.1) is 0 Å². The van der Waals surface area contributed by atoms with E-state index in [0.717, 1.165) is 10.6 Å². The molecule has 0 saturated carbocycles. The van der Waals surface area contributed by atoms with Gasteiger partial charge in [0, 0.05) is 6.07 Å². The predicted molar refractivity (Wildman–Crippen MR) is 110 cm³/mol. The average molecular weight is 421 g/mol. The van der Waals surface area contributed by atoms with Gasteiger partial charge in [-0.25, -0.2) is 8.42 Å². The molecular weight excluding hydrogens is 398 g/mol. The zero-order valence-corrected chi connectivity index (χ0v) is 17.3. The lowest BCUT2D eigenvalue weighted by molar-refractivity contribution is -0.116. The van der Waals surface area contributed by atoms with E-state index in [-0.39, 0.29) is 16.9 Å². The number of methoxy groups -OCH3 is 2. The summed E-state index contributed by atoms with van der Waals surface area (Å²) in [6.07, 6.45) is 0.991. The van der Waals surface area contributed by atoms with E-state index in [1.165, 1.54) is 45.4 Å². The van der Waals surface area contributed by atoms with Crippen LogP contribution in [0.3, 0.4) is 0 Å². The first kappa shape index (κ1) is 22.0. The summed E-state index contributed by atoms with van der Waals surface area (Å²) in [6.45, 7) is 1.43. The fraction of sp³-hybridized carbons (Fsp3) is 0.263. The second-order valence-corrected chi connectivity index (χ2v) is 8.03. The van der Waals surface area contributed by atoms with Crippen LogP contribution in [0.15, 0.2) is 42.5 Å². The maximum absolute atomic E-state index is 12.8. The van der Waals surface area contributed by atoms with E-state index in [1.54, 1.807) is 18.2 Å². The highest BCUT2D eigenvalue weighted by Crippen LogP contribution is 2.33. The third-order valence-electron chi connectivity index (χ3n) is 4.16. The molecule has 0 aliphatic rings. The Morgan fingerprint density at radius 2 is 1.69 bits per heavy atom. The second kappa shape index (κ2) is 8.82. The molecule has 29 heavy (non-hydrogen) atoms. The van der Waals surface area contributed by atoms with Crippen molar-refractivity contribution in [1.82, 2.24) is 0 Å². The molecule has 9 nitrogen and oxygen atoms in total. The fourth-order valence-corrected chi connectivity index (χ4v) is 3.98. The number of primary amides is 1. The molecule has 0 spiro atoms. The van der Waals surface area contributed by atoms with Crippen molar-refractivity contribution in [1.29, 1.82) is 0 Å². The Bertz CT molecular complexity index is 1020. The number of rotatable bonds is 8. The number of sulfonamides is 1. The summed E-state index contributed by atoms with van der Waals surface area (Å²) < 4.78 is 36.3. The van der Waals surface area contributed by atoms with Crippen LogP contribution < -0.4 is 24.8 Å². The summed E-state index contributed by atoms with van der Waals surface area (Å²) in [7, 11) is -0.965. The number of carbonyl (C=O) groups excluding carboxylic acids is 2. The van der Waals surface area contributed by atoms with Crippen LogP contribution in [-0.4, -0.2) is 46.7 Å². The van der Waals surface area contributed by atoms with E-state index in [9.17, 15) is 18.0 Å². The lowest BCUT2D eigenvalue weighted by Crippen LogP contribution is -2.45. The van der Waals surface area contributed by atoms with Crippen molar-refractivity contribution in [3.8, 4) is 11.5 Å². The molecule has 2 rings (SSSR count). The number of nitrogens with zero attached hydrogens (tertiary/aromatic N) is 1. The van der Waals surface area contributed by atoms with E-state index < -0.39 is 27.9 Å². The molecule has 0 unspecified atom stereocenters. The Kier molecular flexibility index (Phi) is 6.70. The Morgan fingerprint density at radius 3 is 2.24 bits per heavy atom. The molecule has 0 radical (unpaired) electrons. The first-order valence-corrected chi connectivity index (χ1v) is 10.4. The molecule has 0 bridgehead atoms. The number of anilines is 2. The molecule has 3 N–H and O–H groups in total. The van der Waals surface area contributed by atoms with Gasteiger partial charge in [-0.2, -0.15) is 0 Å². The zero-order valence-electron chi connectivity index (χ0n) is 16.5. The van der Waals surface area contributed by atoms with Crippen LogP contribution in [0.2, 0.25) is 0 Å². The predicted octanol–water partition coefficient (Wildman–Crippen LogP) is 1.60. The molecule has 1 atom stereocenters. The van der Waals surface area contributed by atoms with E-state index in [0.29, 0.717) is 11.5 Å². The van der Waals surface area contributed by atoms with E-state index in [4.69, 9.17) is 15.2 Å². The number of para-hydroxylation sites is 1. The first-order chi connectivity index (χ1) is 13.6. The van der Waals surface area contributed by atoms with Gasteiger partial charge in [-0.1, -0.05) is 12.1 Å². The Hall–Kier alpha value is -3.27. The molecule has 10 heteroatoms. The summed E-state index contributed by atoms with van der Waals surface area (Å²) in [5.74, 6) is -0.630. The number of hydrogen-bond acceptors (Lipinski definition) is 6. The highest BCUT2D eigenvalue weighted by atomic mass is 32.2. The van der Waals surface area contributed by atoms with Crippen LogP contribution in [0.4, 0.5) is 11.4 Å². The van der Waals surface area contributed by atoms with Gasteiger partial charge in [-0.3, -0.25) is 13.9 Å². The Labute approximate surface area is 169 Å². The minimum absolute atomic E-state index is 0.116. The van der Waals surface area contributed by atoms with Gasteiger partial charge in [0.1, 0.15) is 6.04 Å². The largest absolute Gasteiger partial charge is 0.493 e. The molecular formula is C19H23N3O6S. The summed E-state index contributed by atoms with van der Waals surface area (Å²) in [5, 5.41) is 2.56. The summed E-state index contributed by atoms with van der Waals surface area (Å²) in [6, 6.07) is 9.56. The van der Waals surface area contributed by atoms with Gasteiger partial charge in [0.2, 0.25) is 15.9 Å². The first-order valence-electron chi connectivity index (χ1n) is 8.51. The second-order valence-electron chi connectivity index (χ2n) is 6.17. The molecule has 0 heterocycles. The molecule has 0 fully saturated rings. The van der Waals surface area contributed by atoms with Crippen molar-refractivity contribution in [2.24, 2.45) is 5.73 Å². The number of nitrogens with one attached hydrogen (secondary N) is 1. The minimum atomic E-state index is -3.84. The highest BCUT2D eigenvalue weighted by molar-refractivity contribution is 7.92. The fourth-order valence-electron chi connectivity index (χ4n) is 2.81. The maximum atomic E-state index is 12.8. The third kappa shape index (κ3) is 4.96. The number of ether oxygens (including phenoxy) is 2. The van der Waals surface area contributed by atoms with Crippen LogP contribution in [0.5, 0.6) is 11.5 Å². The molecule has 0 aliphatic carbocycles. The van der Waals surface area contributed by atoms with Gasteiger partial charge < -0.3 is 20.5 Å². The number of hydrogen-bond donors (Lipinski definition) is 2. The Morgan fingerprint density at radius 1 is 1.07 bits per heavy atom. The highest BCUT2D eigenvalue weighted by Gasteiger charge is 2.30. The van der Waals surface area contributed by atoms with Crippen molar-refractivity contribution >= 4 is 33.2 Å². The number of nitrogens with two attached hydrogens (primary N) is 1. The molecule has 2 amide bonds. The number of amides is 2. The topological polar surface area (TPSA) is 128 Å². The lowest BCUT2D eigenvalue weighted by atomic mass is 10.1. The molecule has 0 saturated heterocycles. The van der Waals surface area contributed by atoms with E-state index >= 15 is 0 Å². The van der Waals surface area contributed by atoms with Gasteiger partial charge in [0.25, 0.3) is 5.91 Å². The van der Waals surface area contributed by atoms with Crippen molar-refractivity contribution < 1.29 is 27.5 Å². The van der Waals surface area contributed by atoms with E-state index in [2.05, 4.69) is 5.32 Å². The van der Waals surface area contributed by atoms with Crippen molar-refractivity contribution in [3.63, 3.8) is 0 Å². The average Bonchev–Trinajstić information content (AvgIpc) is 2.67. The quantitative estimate of drug-likeness (QED) is 0.666. The van der Waals surface area contributed by atoms with Crippen molar-refractivity contribution in [2.75, 3.05) is 30.1 Å². The summed E-state index contributed by atoms with van der Waals surface area (Å²) in [4.78, 5) is 24.4. The maximum Gasteiger partial charge on any atom is 0.250 e. The van der Waals surface area contributed by atoms with Gasteiger partial charge in [0.05, 0.1) is 37.4 Å². The van der Waals surface area contributed by atoms with Crippen LogP contribution in [0.25, 0.3) is 0 Å². The number of benzene rings is 2. The minimum Gasteiger partial charge on any atom is -0.493 e. The standard InChI is InChI=1S/C19H23N3O6S/c1-12(19(24)21-15-8-6-5-7-14(15)18(20)23)22(29(4,25)26)13-9-10-16(27-2)17(11-13)28-3/h5-12H,1-4H3,(H2,20,23)(H,21,24)/t12-/m0/s1. The normalized spacial score (nSPS) is 12.0. The van der Waals surface area contributed by atoms with Crippen LogP contribution >= 0.6 is 0 Å². The molecule has 0 aromatic heterocycles. The third-order valence-corrected chi connectivity index (χ3v) is 5.40. The zero-order chi connectivity index (χ0) is 21.8. The molecule has 2 aromatic rings. The number of carbonyl (C=O) groups is 2. The van der Waals surface area contributed by atoms with Crippen LogP contribution in [0, 0.1) is 0 Å². The monoisotopic (exact) mass is 421 g/mol. The molecule has 156 valence electrons. The smallest absolute Gasteiger partial charge is 0.250 e. The van der Waals surface area contributed by atoms with Crippen molar-refractivity contribution in [3.05, 3.63) is 48.0 Å². The van der Waals surface area contributed by atoms with Crippen LogP contribution in [0.1, 0.15) is 17.3 Å². The Balaban J connectivity index is 2.41. The van der Waals surface area contributed by atoms with Gasteiger partial charge >= 0.3 is 0 Å². The van der Waals surface area contributed by atoms with Gasteiger partial charge in [0.15, 0.2) is 11.5 Å². The van der Waals surface area contributed by atoms with Crippen molar-refractivity contribution in [2.45, 2.75) is 13.0 Å². The summed E-state index contributed by atoms with van der Waals surface area (Å²) in [5.41, 5.74) is 5.85. The van der Waals surface area contributed by atoms with Gasteiger partial charge in [-0.05, 0) is 31.2 Å². The molecule has 2 aromatic carbocycles. The van der Waals surface area contributed by atoms with Crippen LogP contribution in [-0.2, 0) is 14.8 Å². The SMILES string of the molecule is COc1ccc(N([C@@H](C)C(=O)Nc2ccccc2C(N)=O)S(C)(=O)=O)cc1OC.